The molecule has 0 heterocycles. The fraction of sp³-hybridized carbons (Fsp3) is 0.364. The van der Waals surface area contributed by atoms with Gasteiger partial charge in [0.15, 0.2) is 0 Å². The fourth-order valence-electron chi connectivity index (χ4n) is 1.19. The standard InChI is InChI=1S/C11H13BrClNO2/c1-7(6-13)14-11(15)9-4-3-8(12)5-10(9)16-2/h3-5,7H,6H2,1-2H3,(H,14,15). The maximum absolute atomic E-state index is 11.8. The predicted octanol–water partition coefficient (Wildman–Crippen LogP) is 2.81. The van der Waals surface area contributed by atoms with Gasteiger partial charge >= 0.3 is 0 Å². The van der Waals surface area contributed by atoms with E-state index in [1.54, 1.807) is 18.2 Å². The number of ether oxygens (including phenoxy) is 1. The van der Waals surface area contributed by atoms with Gasteiger partial charge < -0.3 is 10.1 Å². The van der Waals surface area contributed by atoms with Crippen LogP contribution in [-0.2, 0) is 0 Å². The zero-order valence-corrected chi connectivity index (χ0v) is 11.4. The molecule has 0 aromatic heterocycles. The number of alkyl halides is 1. The number of methoxy groups -OCH3 is 1. The lowest BCUT2D eigenvalue weighted by Crippen LogP contribution is -2.33. The Labute approximate surface area is 108 Å². The van der Waals surface area contributed by atoms with Gasteiger partial charge in [-0.15, -0.1) is 11.6 Å². The molecule has 1 N–H and O–H groups in total. The third-order valence-corrected chi connectivity index (χ3v) is 2.97. The fourth-order valence-corrected chi connectivity index (χ4v) is 1.61. The summed E-state index contributed by atoms with van der Waals surface area (Å²) >= 11 is 8.95. The average Bonchev–Trinajstić information content (AvgIpc) is 2.28. The number of hydrogen-bond acceptors (Lipinski definition) is 2. The van der Waals surface area contributed by atoms with Crippen LogP contribution in [0.3, 0.4) is 0 Å². The number of amides is 1. The quantitative estimate of drug-likeness (QED) is 0.869. The van der Waals surface area contributed by atoms with E-state index in [9.17, 15) is 4.79 Å². The van der Waals surface area contributed by atoms with Crippen LogP contribution in [0, 0.1) is 0 Å². The number of benzene rings is 1. The second-order valence-corrected chi connectivity index (χ2v) is 4.60. The number of carbonyl (C=O) groups is 1. The summed E-state index contributed by atoms with van der Waals surface area (Å²) < 4.78 is 6.01. The number of halogens is 2. The van der Waals surface area contributed by atoms with E-state index >= 15 is 0 Å². The van der Waals surface area contributed by atoms with Gasteiger partial charge in [0.05, 0.1) is 12.7 Å². The van der Waals surface area contributed by atoms with Crippen molar-refractivity contribution in [2.24, 2.45) is 0 Å². The van der Waals surface area contributed by atoms with Gasteiger partial charge in [0.25, 0.3) is 5.91 Å². The molecule has 1 aromatic carbocycles. The number of nitrogens with one attached hydrogen (secondary N) is 1. The summed E-state index contributed by atoms with van der Waals surface area (Å²) in [5, 5.41) is 2.77. The van der Waals surface area contributed by atoms with Crippen molar-refractivity contribution in [1.82, 2.24) is 5.32 Å². The second-order valence-electron chi connectivity index (χ2n) is 3.37. The van der Waals surface area contributed by atoms with Crippen molar-refractivity contribution >= 4 is 33.4 Å². The first-order valence-corrected chi connectivity index (χ1v) is 6.11. The Balaban J connectivity index is 2.90. The van der Waals surface area contributed by atoms with Gasteiger partial charge in [-0.1, -0.05) is 15.9 Å². The van der Waals surface area contributed by atoms with Crippen LogP contribution < -0.4 is 10.1 Å². The van der Waals surface area contributed by atoms with Gasteiger partial charge in [-0.25, -0.2) is 0 Å². The summed E-state index contributed by atoms with van der Waals surface area (Å²) in [6.07, 6.45) is 0. The Bertz CT molecular complexity index is 384. The van der Waals surface area contributed by atoms with E-state index in [4.69, 9.17) is 16.3 Å². The third-order valence-electron chi connectivity index (χ3n) is 2.02. The normalized spacial score (nSPS) is 12.0. The molecular weight excluding hydrogens is 293 g/mol. The van der Waals surface area contributed by atoms with Crippen molar-refractivity contribution in [3.63, 3.8) is 0 Å². The molecule has 0 bridgehead atoms. The van der Waals surface area contributed by atoms with E-state index in [2.05, 4.69) is 21.2 Å². The molecule has 3 nitrogen and oxygen atoms in total. The van der Waals surface area contributed by atoms with Crippen molar-refractivity contribution in [2.45, 2.75) is 13.0 Å². The molecule has 1 amide bonds. The summed E-state index contributed by atoms with van der Waals surface area (Å²) in [6, 6.07) is 5.19. The van der Waals surface area contributed by atoms with Crippen LogP contribution in [0.25, 0.3) is 0 Å². The minimum absolute atomic E-state index is 0.0671. The molecule has 88 valence electrons. The topological polar surface area (TPSA) is 38.3 Å². The monoisotopic (exact) mass is 305 g/mol. The lowest BCUT2D eigenvalue weighted by molar-refractivity contribution is 0.0940. The minimum Gasteiger partial charge on any atom is -0.496 e. The Morgan fingerprint density at radius 3 is 2.88 bits per heavy atom. The van der Waals surface area contributed by atoms with Crippen molar-refractivity contribution in [3.8, 4) is 5.75 Å². The molecule has 16 heavy (non-hydrogen) atoms. The zero-order valence-electron chi connectivity index (χ0n) is 9.09. The molecular formula is C11H13BrClNO2. The van der Waals surface area contributed by atoms with E-state index in [0.29, 0.717) is 17.2 Å². The van der Waals surface area contributed by atoms with Crippen LogP contribution in [0.1, 0.15) is 17.3 Å². The summed E-state index contributed by atoms with van der Waals surface area (Å²) in [7, 11) is 1.53. The summed E-state index contributed by atoms with van der Waals surface area (Å²) in [5.74, 6) is 0.732. The van der Waals surface area contributed by atoms with Crippen LogP contribution in [0.5, 0.6) is 5.75 Å². The van der Waals surface area contributed by atoms with Crippen LogP contribution in [0.2, 0.25) is 0 Å². The molecule has 0 aliphatic rings. The Kier molecular flexibility index (Phi) is 5.09. The Hall–Kier alpha value is -0.740. The molecule has 0 saturated heterocycles. The molecule has 1 aromatic rings. The van der Waals surface area contributed by atoms with Crippen LogP contribution >= 0.6 is 27.5 Å². The molecule has 1 unspecified atom stereocenters. The van der Waals surface area contributed by atoms with Gasteiger partial charge in [-0.05, 0) is 25.1 Å². The van der Waals surface area contributed by atoms with Gasteiger partial charge in [0.2, 0.25) is 0 Å². The first-order valence-electron chi connectivity index (χ1n) is 4.79. The molecule has 0 fully saturated rings. The van der Waals surface area contributed by atoms with E-state index in [0.717, 1.165) is 4.47 Å². The molecule has 5 heteroatoms. The molecule has 1 rings (SSSR count). The number of carbonyl (C=O) groups excluding carboxylic acids is 1. The van der Waals surface area contributed by atoms with Gasteiger partial charge in [-0.3, -0.25) is 4.79 Å². The Morgan fingerprint density at radius 2 is 2.31 bits per heavy atom. The van der Waals surface area contributed by atoms with Crippen molar-refractivity contribution in [2.75, 3.05) is 13.0 Å². The zero-order chi connectivity index (χ0) is 12.1. The highest BCUT2D eigenvalue weighted by molar-refractivity contribution is 9.10. The highest BCUT2D eigenvalue weighted by atomic mass is 79.9. The lowest BCUT2D eigenvalue weighted by atomic mass is 10.2. The van der Waals surface area contributed by atoms with E-state index in [1.807, 2.05) is 6.92 Å². The first-order chi connectivity index (χ1) is 7.58. The Morgan fingerprint density at radius 1 is 1.62 bits per heavy atom. The highest BCUT2D eigenvalue weighted by Gasteiger charge is 2.14. The second kappa shape index (κ2) is 6.11. The van der Waals surface area contributed by atoms with Crippen molar-refractivity contribution < 1.29 is 9.53 Å². The number of hydrogen-bond donors (Lipinski definition) is 1. The van der Waals surface area contributed by atoms with Crippen molar-refractivity contribution in [1.29, 1.82) is 0 Å². The molecule has 0 saturated carbocycles. The summed E-state index contributed by atoms with van der Waals surface area (Å²) in [6.45, 7) is 1.84. The highest BCUT2D eigenvalue weighted by Crippen LogP contribution is 2.23. The van der Waals surface area contributed by atoms with Crippen molar-refractivity contribution in [3.05, 3.63) is 28.2 Å². The maximum atomic E-state index is 11.8. The smallest absolute Gasteiger partial charge is 0.255 e. The van der Waals surface area contributed by atoms with Gasteiger partial charge in [-0.2, -0.15) is 0 Å². The summed E-state index contributed by atoms with van der Waals surface area (Å²) in [4.78, 5) is 11.8. The van der Waals surface area contributed by atoms with E-state index in [1.165, 1.54) is 7.11 Å². The number of rotatable bonds is 4. The molecule has 0 aliphatic carbocycles. The summed E-state index contributed by atoms with van der Waals surface area (Å²) in [5.41, 5.74) is 0.502. The van der Waals surface area contributed by atoms with E-state index < -0.39 is 0 Å². The molecule has 0 spiro atoms. The molecule has 0 radical (unpaired) electrons. The lowest BCUT2D eigenvalue weighted by Gasteiger charge is -2.13. The van der Waals surface area contributed by atoms with Crippen LogP contribution in [0.15, 0.2) is 22.7 Å². The SMILES string of the molecule is COc1cc(Br)ccc1C(=O)NC(C)CCl. The van der Waals surface area contributed by atoms with Crippen LogP contribution in [0.4, 0.5) is 0 Å². The predicted molar refractivity (Wildman–Crippen MR) is 68.3 cm³/mol. The van der Waals surface area contributed by atoms with Crippen LogP contribution in [-0.4, -0.2) is 24.9 Å². The minimum atomic E-state index is -0.183. The third kappa shape index (κ3) is 3.39. The molecule has 1 atom stereocenters. The van der Waals surface area contributed by atoms with E-state index in [-0.39, 0.29) is 11.9 Å². The first kappa shape index (κ1) is 13.3. The largest absolute Gasteiger partial charge is 0.496 e. The van der Waals surface area contributed by atoms with Gasteiger partial charge in [0, 0.05) is 16.4 Å². The maximum Gasteiger partial charge on any atom is 0.255 e. The average molecular weight is 307 g/mol. The molecule has 0 aliphatic heterocycles. The van der Waals surface area contributed by atoms with Gasteiger partial charge in [0.1, 0.15) is 5.75 Å².